The Balaban J connectivity index is 1.82. The van der Waals surface area contributed by atoms with Crippen molar-refractivity contribution in [2.24, 2.45) is 0 Å². The summed E-state index contributed by atoms with van der Waals surface area (Å²) in [5.41, 5.74) is 0.533. The molecule has 1 aliphatic heterocycles. The summed E-state index contributed by atoms with van der Waals surface area (Å²) in [4.78, 5) is 16.9. The van der Waals surface area contributed by atoms with Crippen LogP contribution in [0.3, 0.4) is 0 Å². The van der Waals surface area contributed by atoms with Crippen molar-refractivity contribution in [3.8, 4) is 0 Å². The standard InChI is InChI=1S/C14H17N3OS/c1-2-14(8-5-9-15-14)12(18)17-13-16-10-6-3-4-7-11(10)19-13/h3-4,6-7,15H,2,5,8-9H2,1H3,(H,16,17,18). The summed E-state index contributed by atoms with van der Waals surface area (Å²) in [5, 5.41) is 7.00. The number of amides is 1. The number of benzene rings is 1. The Bertz CT molecular complexity index is 569. The molecule has 1 amide bonds. The minimum absolute atomic E-state index is 0.0477. The van der Waals surface area contributed by atoms with E-state index in [4.69, 9.17) is 0 Å². The largest absolute Gasteiger partial charge is 0.303 e. The molecule has 3 rings (SSSR count). The van der Waals surface area contributed by atoms with E-state index in [1.54, 1.807) is 0 Å². The number of carbonyl (C=O) groups is 1. The first-order valence-electron chi connectivity index (χ1n) is 6.65. The van der Waals surface area contributed by atoms with Gasteiger partial charge in [-0.2, -0.15) is 0 Å². The molecule has 2 N–H and O–H groups in total. The van der Waals surface area contributed by atoms with Crippen LogP contribution in [-0.4, -0.2) is 23.0 Å². The summed E-state index contributed by atoms with van der Waals surface area (Å²) in [6.45, 7) is 2.97. The van der Waals surface area contributed by atoms with Crippen molar-refractivity contribution in [2.75, 3.05) is 11.9 Å². The molecule has 5 heteroatoms. The van der Waals surface area contributed by atoms with Gasteiger partial charge in [0, 0.05) is 0 Å². The van der Waals surface area contributed by atoms with Crippen molar-refractivity contribution in [2.45, 2.75) is 31.7 Å². The third kappa shape index (κ3) is 2.24. The molecule has 1 fully saturated rings. The second kappa shape index (κ2) is 4.90. The zero-order valence-electron chi connectivity index (χ0n) is 10.9. The molecule has 0 aliphatic carbocycles. The SMILES string of the molecule is CCC1(C(=O)Nc2nc3ccccc3s2)CCCN1. The maximum absolute atomic E-state index is 12.4. The molecule has 0 spiro atoms. The number of para-hydroxylation sites is 1. The monoisotopic (exact) mass is 275 g/mol. The van der Waals surface area contributed by atoms with E-state index >= 15 is 0 Å². The second-order valence-corrected chi connectivity index (χ2v) is 5.94. The molecule has 100 valence electrons. The van der Waals surface area contributed by atoms with Crippen LogP contribution < -0.4 is 10.6 Å². The molecule has 1 aromatic carbocycles. The fourth-order valence-electron chi connectivity index (χ4n) is 2.60. The van der Waals surface area contributed by atoms with E-state index in [9.17, 15) is 4.79 Å². The number of hydrogen-bond acceptors (Lipinski definition) is 4. The van der Waals surface area contributed by atoms with Crippen molar-refractivity contribution >= 4 is 32.6 Å². The van der Waals surface area contributed by atoms with Crippen LogP contribution in [0, 0.1) is 0 Å². The molecule has 0 saturated carbocycles. The van der Waals surface area contributed by atoms with Crippen LogP contribution in [0.25, 0.3) is 10.2 Å². The Morgan fingerprint density at radius 3 is 3.05 bits per heavy atom. The van der Waals surface area contributed by atoms with Crippen molar-refractivity contribution in [3.05, 3.63) is 24.3 Å². The fraction of sp³-hybridized carbons (Fsp3) is 0.429. The van der Waals surface area contributed by atoms with Gasteiger partial charge in [-0.05, 0) is 37.9 Å². The number of hydrogen-bond donors (Lipinski definition) is 2. The van der Waals surface area contributed by atoms with Gasteiger partial charge in [0.25, 0.3) is 0 Å². The summed E-state index contributed by atoms with van der Waals surface area (Å²) in [5.74, 6) is 0.0477. The number of carbonyl (C=O) groups excluding carboxylic acids is 1. The molecular weight excluding hydrogens is 258 g/mol. The van der Waals surface area contributed by atoms with Gasteiger partial charge in [0.1, 0.15) is 0 Å². The molecule has 19 heavy (non-hydrogen) atoms. The van der Waals surface area contributed by atoms with Crippen LogP contribution in [-0.2, 0) is 4.79 Å². The van der Waals surface area contributed by atoms with Crippen molar-refractivity contribution in [3.63, 3.8) is 0 Å². The van der Waals surface area contributed by atoms with Gasteiger partial charge in [0.2, 0.25) is 5.91 Å². The van der Waals surface area contributed by atoms with Gasteiger partial charge in [-0.3, -0.25) is 4.79 Å². The van der Waals surface area contributed by atoms with Crippen LogP contribution in [0.15, 0.2) is 24.3 Å². The zero-order valence-corrected chi connectivity index (χ0v) is 11.7. The Hall–Kier alpha value is -1.46. The predicted octanol–water partition coefficient (Wildman–Crippen LogP) is 2.77. The van der Waals surface area contributed by atoms with Gasteiger partial charge in [0.05, 0.1) is 15.8 Å². The predicted molar refractivity (Wildman–Crippen MR) is 78.5 cm³/mol. The van der Waals surface area contributed by atoms with Gasteiger partial charge in [-0.1, -0.05) is 30.4 Å². The van der Waals surface area contributed by atoms with Crippen LogP contribution in [0.2, 0.25) is 0 Å². The molecule has 1 aliphatic rings. The molecule has 1 saturated heterocycles. The van der Waals surface area contributed by atoms with E-state index in [2.05, 4.69) is 22.5 Å². The molecular formula is C14H17N3OS. The summed E-state index contributed by atoms with van der Waals surface area (Å²) in [7, 11) is 0. The summed E-state index contributed by atoms with van der Waals surface area (Å²) >= 11 is 1.52. The zero-order chi connectivity index (χ0) is 13.3. The van der Waals surface area contributed by atoms with Crippen molar-refractivity contribution < 1.29 is 4.79 Å². The average Bonchev–Trinajstić information content (AvgIpc) is 3.05. The Morgan fingerprint density at radius 2 is 2.37 bits per heavy atom. The third-order valence-corrected chi connectivity index (χ3v) is 4.75. The first-order chi connectivity index (χ1) is 9.23. The van der Waals surface area contributed by atoms with Gasteiger partial charge in [-0.25, -0.2) is 4.98 Å². The highest BCUT2D eigenvalue weighted by atomic mass is 32.1. The number of nitrogens with zero attached hydrogens (tertiary/aromatic N) is 1. The van der Waals surface area contributed by atoms with E-state index < -0.39 is 5.54 Å². The highest BCUT2D eigenvalue weighted by Crippen LogP contribution is 2.28. The summed E-state index contributed by atoms with van der Waals surface area (Å²) < 4.78 is 1.10. The number of thiazole rings is 1. The van der Waals surface area contributed by atoms with E-state index in [1.165, 1.54) is 11.3 Å². The second-order valence-electron chi connectivity index (χ2n) is 4.91. The highest BCUT2D eigenvalue weighted by molar-refractivity contribution is 7.22. The summed E-state index contributed by atoms with van der Waals surface area (Å²) in [6, 6.07) is 7.93. The lowest BCUT2D eigenvalue weighted by molar-refractivity contribution is -0.122. The molecule has 0 radical (unpaired) electrons. The lowest BCUT2D eigenvalue weighted by Crippen LogP contribution is -2.50. The number of anilines is 1. The van der Waals surface area contributed by atoms with Crippen molar-refractivity contribution in [1.29, 1.82) is 0 Å². The number of aromatic nitrogens is 1. The van der Waals surface area contributed by atoms with Gasteiger partial charge >= 0.3 is 0 Å². The minimum atomic E-state index is -0.405. The van der Waals surface area contributed by atoms with Crippen LogP contribution in [0.4, 0.5) is 5.13 Å². The number of rotatable bonds is 3. The smallest absolute Gasteiger partial charge is 0.246 e. The topological polar surface area (TPSA) is 54.0 Å². The molecule has 4 nitrogen and oxygen atoms in total. The van der Waals surface area contributed by atoms with Crippen LogP contribution >= 0.6 is 11.3 Å². The van der Waals surface area contributed by atoms with Gasteiger partial charge in [-0.15, -0.1) is 0 Å². The van der Waals surface area contributed by atoms with E-state index in [0.29, 0.717) is 5.13 Å². The molecule has 2 heterocycles. The molecule has 1 unspecified atom stereocenters. The fourth-order valence-corrected chi connectivity index (χ4v) is 3.47. The molecule has 0 bridgehead atoms. The first kappa shape index (κ1) is 12.6. The van der Waals surface area contributed by atoms with E-state index in [1.807, 2.05) is 24.3 Å². The Morgan fingerprint density at radius 1 is 1.53 bits per heavy atom. The molecule has 1 atom stereocenters. The lowest BCUT2D eigenvalue weighted by atomic mass is 9.93. The number of fused-ring (bicyclic) bond motifs is 1. The quantitative estimate of drug-likeness (QED) is 0.905. The van der Waals surface area contributed by atoms with Crippen LogP contribution in [0.5, 0.6) is 0 Å². The normalized spacial score (nSPS) is 22.8. The highest BCUT2D eigenvalue weighted by Gasteiger charge is 2.39. The minimum Gasteiger partial charge on any atom is -0.303 e. The maximum atomic E-state index is 12.4. The lowest BCUT2D eigenvalue weighted by Gasteiger charge is -2.25. The first-order valence-corrected chi connectivity index (χ1v) is 7.47. The van der Waals surface area contributed by atoms with E-state index in [0.717, 1.165) is 36.0 Å². The number of nitrogens with one attached hydrogen (secondary N) is 2. The third-order valence-electron chi connectivity index (χ3n) is 3.80. The molecule has 2 aromatic rings. The Kier molecular flexibility index (Phi) is 3.24. The van der Waals surface area contributed by atoms with Gasteiger partial charge in [0.15, 0.2) is 5.13 Å². The summed E-state index contributed by atoms with van der Waals surface area (Å²) in [6.07, 6.45) is 2.77. The van der Waals surface area contributed by atoms with E-state index in [-0.39, 0.29) is 5.91 Å². The maximum Gasteiger partial charge on any atom is 0.246 e. The average molecular weight is 275 g/mol. The molecule has 1 aromatic heterocycles. The van der Waals surface area contributed by atoms with Gasteiger partial charge < -0.3 is 10.6 Å². The van der Waals surface area contributed by atoms with Crippen molar-refractivity contribution in [1.82, 2.24) is 10.3 Å². The Labute approximate surface area is 116 Å². The van der Waals surface area contributed by atoms with Crippen LogP contribution in [0.1, 0.15) is 26.2 Å².